The van der Waals surface area contributed by atoms with Gasteiger partial charge in [0.2, 0.25) is 11.8 Å². The van der Waals surface area contributed by atoms with Crippen LogP contribution in [0.3, 0.4) is 0 Å². The van der Waals surface area contributed by atoms with E-state index in [4.69, 9.17) is 11.6 Å². The molecule has 1 atom stereocenters. The first-order chi connectivity index (χ1) is 10.6. The molecule has 1 aromatic heterocycles. The number of halogens is 1. The molecule has 2 fully saturated rings. The van der Waals surface area contributed by atoms with E-state index in [1.54, 1.807) is 11.0 Å². The number of carbonyl (C=O) groups is 2. The third-order valence-corrected chi connectivity index (χ3v) is 4.26. The van der Waals surface area contributed by atoms with Crippen molar-refractivity contribution in [3.8, 4) is 0 Å². The Morgan fingerprint density at radius 2 is 2.18 bits per heavy atom. The number of nitrogens with one attached hydrogen (secondary N) is 1. The summed E-state index contributed by atoms with van der Waals surface area (Å²) in [6, 6.07) is 3.51. The fourth-order valence-corrected chi connectivity index (χ4v) is 3.05. The Balaban J connectivity index is 1.66. The zero-order chi connectivity index (χ0) is 15.5. The third kappa shape index (κ3) is 3.30. The Hall–Kier alpha value is -1.89. The summed E-state index contributed by atoms with van der Waals surface area (Å²) in [6.07, 6.45) is 1.76. The molecule has 0 unspecified atom stereocenters. The van der Waals surface area contributed by atoms with Crippen molar-refractivity contribution < 1.29 is 9.59 Å². The smallest absolute Gasteiger partial charge is 0.239 e. The van der Waals surface area contributed by atoms with Crippen LogP contribution in [0, 0.1) is 5.92 Å². The van der Waals surface area contributed by atoms with Crippen molar-refractivity contribution >= 4 is 29.2 Å². The number of amides is 2. The van der Waals surface area contributed by atoms with Crippen LogP contribution in [-0.2, 0) is 9.59 Å². The molecule has 2 amide bonds. The van der Waals surface area contributed by atoms with E-state index in [-0.39, 0.29) is 24.3 Å². The summed E-state index contributed by atoms with van der Waals surface area (Å²) in [5.74, 6) is 0.604. The Bertz CT molecular complexity index is 565. The normalized spacial score (nSPS) is 22.4. The fourth-order valence-electron chi connectivity index (χ4n) is 2.95. The highest BCUT2D eigenvalue weighted by atomic mass is 35.5. The number of nitrogens with zero attached hydrogens (tertiary/aromatic N) is 4. The third-order valence-electron chi connectivity index (χ3n) is 4.06. The van der Waals surface area contributed by atoms with E-state index in [0.717, 1.165) is 25.2 Å². The zero-order valence-electron chi connectivity index (χ0n) is 12.2. The van der Waals surface area contributed by atoms with Gasteiger partial charge in [0.05, 0.1) is 12.5 Å². The molecular weight excluding hydrogens is 306 g/mol. The average molecular weight is 324 g/mol. The van der Waals surface area contributed by atoms with Crippen molar-refractivity contribution in [2.24, 2.45) is 5.92 Å². The summed E-state index contributed by atoms with van der Waals surface area (Å²) in [5.41, 5.74) is 0. The van der Waals surface area contributed by atoms with Crippen LogP contribution < -0.4 is 10.2 Å². The number of carbonyl (C=O) groups excluding carboxylic acids is 2. The monoisotopic (exact) mass is 323 g/mol. The van der Waals surface area contributed by atoms with Gasteiger partial charge in [0.1, 0.15) is 0 Å². The topological polar surface area (TPSA) is 78.4 Å². The van der Waals surface area contributed by atoms with Gasteiger partial charge in [0.25, 0.3) is 0 Å². The molecule has 3 rings (SSSR count). The van der Waals surface area contributed by atoms with E-state index in [1.165, 1.54) is 0 Å². The summed E-state index contributed by atoms with van der Waals surface area (Å²) >= 11 is 5.75. The van der Waals surface area contributed by atoms with Crippen molar-refractivity contribution in [2.75, 3.05) is 37.6 Å². The van der Waals surface area contributed by atoms with Gasteiger partial charge in [-0.1, -0.05) is 11.6 Å². The zero-order valence-corrected chi connectivity index (χ0v) is 12.9. The lowest BCUT2D eigenvalue weighted by Gasteiger charge is -2.36. The van der Waals surface area contributed by atoms with Crippen molar-refractivity contribution in [3.63, 3.8) is 0 Å². The number of hydrogen-bond donors (Lipinski definition) is 1. The fraction of sp³-hybridized carbons (Fsp3) is 0.571. The Kier molecular flexibility index (Phi) is 4.42. The Labute approximate surface area is 133 Å². The van der Waals surface area contributed by atoms with Gasteiger partial charge in [-0.05, 0) is 25.0 Å². The summed E-state index contributed by atoms with van der Waals surface area (Å²) in [7, 11) is 0. The highest BCUT2D eigenvalue weighted by Gasteiger charge is 2.31. The summed E-state index contributed by atoms with van der Waals surface area (Å²) in [6.45, 7) is 2.73. The molecule has 2 aliphatic rings. The Morgan fingerprint density at radius 3 is 2.91 bits per heavy atom. The van der Waals surface area contributed by atoms with Crippen LogP contribution in [0.5, 0.6) is 0 Å². The molecule has 0 spiro atoms. The molecule has 118 valence electrons. The highest BCUT2D eigenvalue weighted by molar-refractivity contribution is 6.29. The standard InChI is InChI=1S/C14H18ClN5O2/c15-11-3-4-12(18-17-11)19-6-1-2-10(8-19)14(22)20-7-5-16-13(21)9-20/h3-4,10H,1-2,5-9H2,(H,16,21)/t10-/m0/s1. The van der Waals surface area contributed by atoms with E-state index in [2.05, 4.69) is 20.4 Å². The van der Waals surface area contributed by atoms with Crippen LogP contribution in [-0.4, -0.2) is 59.6 Å². The second kappa shape index (κ2) is 6.48. The maximum atomic E-state index is 12.6. The summed E-state index contributed by atoms with van der Waals surface area (Å²) < 4.78 is 0. The number of piperidine rings is 1. The number of aromatic nitrogens is 2. The molecule has 1 N–H and O–H groups in total. The number of piperazine rings is 1. The molecule has 0 saturated carbocycles. The second-order valence-electron chi connectivity index (χ2n) is 5.61. The van der Waals surface area contributed by atoms with Crippen molar-refractivity contribution in [1.29, 1.82) is 0 Å². The molecule has 8 heteroatoms. The van der Waals surface area contributed by atoms with Crippen molar-refractivity contribution in [2.45, 2.75) is 12.8 Å². The van der Waals surface area contributed by atoms with Gasteiger partial charge in [-0.15, -0.1) is 10.2 Å². The lowest BCUT2D eigenvalue weighted by molar-refractivity contribution is -0.141. The quantitative estimate of drug-likeness (QED) is 0.847. The average Bonchev–Trinajstić information content (AvgIpc) is 2.55. The SMILES string of the molecule is O=C1CN(C(=O)[C@H]2CCCN(c3ccc(Cl)nn3)C2)CCN1. The molecule has 0 aliphatic carbocycles. The summed E-state index contributed by atoms with van der Waals surface area (Å²) in [4.78, 5) is 27.7. The highest BCUT2D eigenvalue weighted by Crippen LogP contribution is 2.23. The van der Waals surface area contributed by atoms with Crippen molar-refractivity contribution in [3.05, 3.63) is 17.3 Å². The maximum absolute atomic E-state index is 12.6. The molecular formula is C14H18ClN5O2. The predicted octanol–water partition coefficient (Wildman–Crippen LogP) is 0.305. The van der Waals surface area contributed by atoms with E-state index in [1.807, 2.05) is 6.07 Å². The molecule has 3 heterocycles. The molecule has 2 aliphatic heterocycles. The molecule has 7 nitrogen and oxygen atoms in total. The molecule has 0 radical (unpaired) electrons. The maximum Gasteiger partial charge on any atom is 0.239 e. The number of rotatable bonds is 2. The van der Waals surface area contributed by atoms with Crippen LogP contribution >= 0.6 is 11.6 Å². The number of anilines is 1. The minimum Gasteiger partial charge on any atom is -0.354 e. The van der Waals surface area contributed by atoms with Crippen LogP contribution in [0.4, 0.5) is 5.82 Å². The van der Waals surface area contributed by atoms with Crippen LogP contribution in [0.15, 0.2) is 12.1 Å². The number of hydrogen-bond acceptors (Lipinski definition) is 5. The van der Waals surface area contributed by atoms with Gasteiger partial charge in [-0.3, -0.25) is 9.59 Å². The van der Waals surface area contributed by atoms with E-state index in [9.17, 15) is 9.59 Å². The minimum absolute atomic E-state index is 0.0569. The van der Waals surface area contributed by atoms with Gasteiger partial charge in [0, 0.05) is 26.2 Å². The molecule has 2 saturated heterocycles. The van der Waals surface area contributed by atoms with Crippen LogP contribution in [0.2, 0.25) is 5.15 Å². The van der Waals surface area contributed by atoms with Crippen molar-refractivity contribution in [1.82, 2.24) is 20.4 Å². The van der Waals surface area contributed by atoms with Gasteiger partial charge in [-0.25, -0.2) is 0 Å². The van der Waals surface area contributed by atoms with Crippen LogP contribution in [0.25, 0.3) is 0 Å². The molecule has 0 aromatic carbocycles. The van der Waals surface area contributed by atoms with Gasteiger partial charge in [0.15, 0.2) is 11.0 Å². The van der Waals surface area contributed by atoms with E-state index < -0.39 is 0 Å². The lowest BCUT2D eigenvalue weighted by atomic mass is 9.96. The second-order valence-corrected chi connectivity index (χ2v) is 6.00. The van der Waals surface area contributed by atoms with Gasteiger partial charge < -0.3 is 15.1 Å². The minimum atomic E-state index is -0.0999. The first-order valence-corrected chi connectivity index (χ1v) is 7.81. The van der Waals surface area contributed by atoms with E-state index >= 15 is 0 Å². The van der Waals surface area contributed by atoms with Gasteiger partial charge in [-0.2, -0.15) is 0 Å². The van der Waals surface area contributed by atoms with Crippen LogP contribution in [0.1, 0.15) is 12.8 Å². The summed E-state index contributed by atoms with van der Waals surface area (Å²) in [5, 5.41) is 11.0. The lowest BCUT2D eigenvalue weighted by Crippen LogP contribution is -2.53. The first kappa shape index (κ1) is 15.0. The van der Waals surface area contributed by atoms with E-state index in [0.29, 0.717) is 24.8 Å². The molecule has 1 aromatic rings. The van der Waals surface area contributed by atoms with Gasteiger partial charge >= 0.3 is 0 Å². The largest absolute Gasteiger partial charge is 0.354 e. The molecule has 0 bridgehead atoms. The predicted molar refractivity (Wildman–Crippen MR) is 81.6 cm³/mol. The first-order valence-electron chi connectivity index (χ1n) is 7.43. The Morgan fingerprint density at radius 1 is 1.32 bits per heavy atom. The molecule has 22 heavy (non-hydrogen) atoms.